The number of rotatable bonds is 9. The van der Waals surface area contributed by atoms with Gasteiger partial charge in [-0.05, 0) is 109 Å². The van der Waals surface area contributed by atoms with Crippen molar-refractivity contribution in [3.8, 4) is 85.0 Å². The molecule has 0 spiro atoms. The predicted octanol–water partition coefficient (Wildman–Crippen LogP) is 11.7. The van der Waals surface area contributed by atoms with E-state index in [1.165, 1.54) is 19.3 Å². The third-order valence-corrected chi connectivity index (χ3v) is 15.0. The van der Waals surface area contributed by atoms with Gasteiger partial charge in [-0.3, -0.25) is 9.59 Å². The molecule has 4 aromatic carbocycles. The third-order valence-electron chi connectivity index (χ3n) is 15.0. The average molecular weight is 1160 g/mol. The van der Waals surface area contributed by atoms with Gasteiger partial charge in [-0.25, -0.2) is 19.9 Å². The van der Waals surface area contributed by atoms with Gasteiger partial charge in [0, 0.05) is 70.4 Å². The van der Waals surface area contributed by atoms with Crippen LogP contribution in [0.25, 0.3) is 88.6 Å². The lowest BCUT2D eigenvalue weighted by Crippen LogP contribution is -2.41. The van der Waals surface area contributed by atoms with Gasteiger partial charge in [0.2, 0.25) is 5.75 Å². The van der Waals surface area contributed by atoms with Crippen LogP contribution in [0.4, 0.5) is 0 Å². The third kappa shape index (κ3) is 11.0. The molecule has 0 radical (unpaired) electrons. The molecule has 0 atom stereocenters. The van der Waals surface area contributed by atoms with Crippen molar-refractivity contribution < 1.29 is 61.3 Å². The van der Waals surface area contributed by atoms with Crippen molar-refractivity contribution >= 4 is 56.3 Å². The monoisotopic (exact) mass is 1160 g/mol. The van der Waals surface area contributed by atoms with E-state index in [0.717, 1.165) is 85.0 Å². The molecule has 4 aliphatic heterocycles. The van der Waals surface area contributed by atoms with E-state index >= 15 is 0 Å². The van der Waals surface area contributed by atoms with Crippen LogP contribution in [0.1, 0.15) is 79.0 Å². The second kappa shape index (κ2) is 24.9. The fourth-order valence-corrected chi connectivity index (χ4v) is 11.3. The number of hydrogen-bond donors (Lipinski definition) is 2. The van der Waals surface area contributed by atoms with Crippen LogP contribution in [0.5, 0.6) is 40.2 Å². The topological polar surface area (TPSA) is 256 Å². The van der Waals surface area contributed by atoms with Crippen LogP contribution in [0, 0.1) is 41.5 Å². The second-order valence-corrected chi connectivity index (χ2v) is 20.3. The number of hydrogen-bond acceptors (Lipinski definition) is 19. The first-order valence-corrected chi connectivity index (χ1v) is 27.5. The molecule has 444 valence electrons. The molecule has 22 heteroatoms. The quantitative estimate of drug-likeness (QED) is 0.127. The molecule has 0 bridgehead atoms. The Hall–Kier alpha value is -9.28. The van der Waals surface area contributed by atoms with E-state index in [-0.39, 0.29) is 26.5 Å². The van der Waals surface area contributed by atoms with Crippen molar-refractivity contribution in [3.63, 3.8) is 0 Å². The number of nitrogens with one attached hydrogen (secondary N) is 2. The number of amides is 1. The van der Waals surface area contributed by atoms with Gasteiger partial charge in [0.15, 0.2) is 23.0 Å². The summed E-state index contributed by atoms with van der Waals surface area (Å²) in [6, 6.07) is 15.2. The number of aromatic amines is 2. The maximum absolute atomic E-state index is 13.4. The van der Waals surface area contributed by atoms with Crippen molar-refractivity contribution in [3.05, 3.63) is 88.7 Å². The first-order chi connectivity index (χ1) is 40.4. The van der Waals surface area contributed by atoms with Crippen molar-refractivity contribution in [1.29, 1.82) is 0 Å². The summed E-state index contributed by atoms with van der Waals surface area (Å²) >= 11 is 0. The number of nitrogens with zero attached hydrogens (tertiary/aromatic N) is 7. The first kappa shape index (κ1) is 58.9. The Morgan fingerprint density at radius 2 is 1.01 bits per heavy atom. The molecule has 0 saturated carbocycles. The van der Waals surface area contributed by atoms with Gasteiger partial charge in [-0.2, -0.15) is 0 Å². The predicted molar refractivity (Wildman–Crippen MR) is 320 cm³/mol. The molecule has 2 saturated heterocycles. The van der Waals surface area contributed by atoms with Crippen LogP contribution in [0.3, 0.4) is 0 Å². The standard InChI is InChI=1S/C30H29N5O6.C26H22N4O6.C5H10O.2CH4/c1-15-24(16(2)41-34-15)21-13-22-20(14-23(21)37-4)25-26(31-17(3)32-29(25)33-22)18-5-6-19(28-27(18)39-11-12-40-28)30(36)35-7-9-38-10-8-35;1-12-21(13(2)36-30-12)17-9-18-16(10-20(17)32-4)22-23(27-14(3)28-26(22)29-18)15-5-6-19(35-11-31)25-24(15)33-7-8-34-25;1-2-4-6-5-3-1;;/h5-6,13-14H,7-12H2,1-4H3,(H,31,32,33);5-6,9-11H,7-8H2,1-4H3,(H,27,28,29);1-5H2;2*1H4. The summed E-state index contributed by atoms with van der Waals surface area (Å²) in [6.45, 7) is 17.2. The fourth-order valence-electron chi connectivity index (χ4n) is 11.3. The molecule has 4 aliphatic rings. The lowest BCUT2D eigenvalue weighted by Gasteiger charge is -2.29. The first-order valence-electron chi connectivity index (χ1n) is 27.5. The summed E-state index contributed by atoms with van der Waals surface area (Å²) in [5, 5.41) is 11.6. The highest BCUT2D eigenvalue weighted by molar-refractivity contribution is 6.16. The largest absolute Gasteiger partial charge is 0.496 e. The van der Waals surface area contributed by atoms with Crippen LogP contribution < -0.4 is 33.2 Å². The Labute approximate surface area is 490 Å². The highest BCUT2D eigenvalue weighted by Gasteiger charge is 2.32. The Morgan fingerprint density at radius 3 is 1.46 bits per heavy atom. The number of carbonyl (C=O) groups excluding carboxylic acids is 2. The lowest BCUT2D eigenvalue weighted by atomic mass is 9.98. The summed E-state index contributed by atoms with van der Waals surface area (Å²) in [7, 11) is 3.28. The Bertz CT molecular complexity index is 4080. The van der Waals surface area contributed by atoms with Crippen molar-refractivity contribution in [1.82, 2.24) is 45.1 Å². The molecule has 0 unspecified atom stereocenters. The summed E-state index contributed by atoms with van der Waals surface area (Å²) in [5.74, 6) is 5.90. The van der Waals surface area contributed by atoms with Crippen LogP contribution in [-0.4, -0.2) is 138 Å². The maximum Gasteiger partial charge on any atom is 0.298 e. The van der Waals surface area contributed by atoms with Crippen LogP contribution in [-0.2, 0) is 14.3 Å². The van der Waals surface area contributed by atoms with E-state index in [4.69, 9.17) is 66.6 Å². The zero-order chi connectivity index (χ0) is 57.5. The van der Waals surface area contributed by atoms with Gasteiger partial charge in [-0.15, -0.1) is 0 Å². The van der Waals surface area contributed by atoms with Crippen molar-refractivity contribution in [2.75, 3.05) is 80.2 Å². The lowest BCUT2D eigenvalue weighted by molar-refractivity contribution is -0.120. The van der Waals surface area contributed by atoms with E-state index in [9.17, 15) is 9.59 Å². The summed E-state index contributed by atoms with van der Waals surface area (Å²) in [5.41, 5.74) is 11.4. The minimum Gasteiger partial charge on any atom is -0.496 e. The van der Waals surface area contributed by atoms with E-state index in [2.05, 4.69) is 25.3 Å². The molecule has 2 fully saturated rings. The molecule has 2 N–H and O–H groups in total. The molecule has 10 heterocycles. The van der Waals surface area contributed by atoms with Gasteiger partial charge in [0.1, 0.15) is 72.4 Å². The van der Waals surface area contributed by atoms with Gasteiger partial charge in [-0.1, -0.05) is 25.2 Å². The molecule has 14 rings (SSSR count). The summed E-state index contributed by atoms with van der Waals surface area (Å²) in [6.07, 6.45) is 3.93. The van der Waals surface area contributed by atoms with Gasteiger partial charge in [0.25, 0.3) is 12.4 Å². The second-order valence-electron chi connectivity index (χ2n) is 20.3. The summed E-state index contributed by atoms with van der Waals surface area (Å²) < 4.78 is 62.1. The normalized spacial score (nSPS) is 14.4. The zero-order valence-corrected chi connectivity index (χ0v) is 47.3. The fraction of sp³-hybridized carbons (Fsp3) is 0.365. The van der Waals surface area contributed by atoms with E-state index < -0.39 is 0 Å². The highest BCUT2D eigenvalue weighted by Crippen LogP contribution is 2.50. The van der Waals surface area contributed by atoms with Crippen molar-refractivity contribution in [2.45, 2.75) is 75.7 Å². The number of aryl methyl sites for hydroxylation is 6. The maximum atomic E-state index is 13.4. The smallest absolute Gasteiger partial charge is 0.298 e. The van der Waals surface area contributed by atoms with Crippen LogP contribution in [0.15, 0.2) is 57.6 Å². The number of methoxy groups -OCH3 is 2. The Kier molecular flexibility index (Phi) is 17.2. The molecule has 1 amide bonds. The van der Waals surface area contributed by atoms with E-state index in [1.54, 1.807) is 31.3 Å². The average Bonchev–Trinajstić information content (AvgIpc) is 4.42. The number of H-pyrrole nitrogens is 2. The van der Waals surface area contributed by atoms with Crippen LogP contribution >= 0.6 is 0 Å². The molecule has 6 aromatic heterocycles. The molecule has 10 aromatic rings. The van der Waals surface area contributed by atoms with E-state index in [0.29, 0.717) is 151 Å². The molecule has 22 nitrogen and oxygen atoms in total. The number of carbonyl (C=O) groups is 2. The minimum absolute atomic E-state index is 0. The number of morpholine rings is 1. The zero-order valence-electron chi connectivity index (χ0n) is 47.3. The molecular formula is C63H69N9O13. The number of fused-ring (bicyclic) bond motifs is 8. The minimum atomic E-state index is -0.103. The van der Waals surface area contributed by atoms with E-state index in [1.807, 2.05) is 77.9 Å². The number of benzene rings is 4. The highest BCUT2D eigenvalue weighted by atomic mass is 16.6. The molecular weight excluding hydrogens is 1090 g/mol. The van der Waals surface area contributed by atoms with Gasteiger partial charge < -0.3 is 66.5 Å². The summed E-state index contributed by atoms with van der Waals surface area (Å²) in [4.78, 5) is 52.2. The van der Waals surface area contributed by atoms with Crippen molar-refractivity contribution in [2.24, 2.45) is 0 Å². The SMILES string of the molecule is C.C.C1CCOCC1.COc1cc2c(cc1-c1c(C)noc1C)[nH]c1nc(C)nc(-c3ccc(C(=O)N4CCOCC4)c4c3OCCO4)c12.COc1cc2c(cc1-c1c(C)noc1C)[nH]c1nc(C)nc(-c3ccc(OC=O)c4c3OCCO4)c12. The van der Waals surface area contributed by atoms with Crippen LogP contribution in [0.2, 0.25) is 0 Å². The van der Waals surface area contributed by atoms with Gasteiger partial charge in [0.05, 0.1) is 77.7 Å². The molecule has 0 aliphatic carbocycles. The molecule has 85 heavy (non-hydrogen) atoms. The Balaban J connectivity index is 0.000000169. The van der Waals surface area contributed by atoms with Gasteiger partial charge >= 0.3 is 0 Å². The Morgan fingerprint density at radius 1 is 0.541 bits per heavy atom. The number of aromatic nitrogens is 8. The number of ether oxygens (including phenoxy) is 9.